The Morgan fingerprint density at radius 1 is 1.04 bits per heavy atom. The molecule has 0 spiro atoms. The molecule has 2 fully saturated rings. The number of aryl methyl sites for hydroxylation is 1. The zero-order valence-electron chi connectivity index (χ0n) is 16.5. The molecule has 28 heavy (non-hydrogen) atoms. The van der Waals surface area contributed by atoms with Crippen molar-refractivity contribution >= 4 is 11.6 Å². The number of rotatable bonds is 5. The van der Waals surface area contributed by atoms with Crippen molar-refractivity contribution in [3.8, 4) is 5.69 Å². The van der Waals surface area contributed by atoms with Crippen molar-refractivity contribution in [2.24, 2.45) is 5.92 Å². The van der Waals surface area contributed by atoms with Gasteiger partial charge in [-0.15, -0.1) is 0 Å². The molecule has 0 radical (unpaired) electrons. The van der Waals surface area contributed by atoms with E-state index in [0.717, 1.165) is 56.7 Å². The third kappa shape index (κ3) is 4.51. The minimum atomic E-state index is 0.00950. The lowest BCUT2D eigenvalue weighted by atomic mass is 9.96. The molecule has 2 saturated heterocycles. The van der Waals surface area contributed by atoms with E-state index < -0.39 is 0 Å². The first-order valence-electron chi connectivity index (χ1n) is 10.2. The van der Waals surface area contributed by atoms with Gasteiger partial charge in [0.1, 0.15) is 0 Å². The largest absolute Gasteiger partial charge is 0.379 e. The van der Waals surface area contributed by atoms with Crippen LogP contribution < -0.4 is 5.69 Å². The summed E-state index contributed by atoms with van der Waals surface area (Å²) in [4.78, 5) is 17.8. The second-order valence-electron chi connectivity index (χ2n) is 7.95. The topological polar surface area (TPSA) is 42.6 Å². The van der Waals surface area contributed by atoms with Gasteiger partial charge < -0.3 is 4.74 Å². The van der Waals surface area contributed by atoms with Crippen LogP contribution in [0.2, 0.25) is 5.02 Å². The molecule has 152 valence electrons. The van der Waals surface area contributed by atoms with Crippen LogP contribution in [0.25, 0.3) is 5.69 Å². The molecule has 2 aromatic rings. The molecule has 2 aliphatic heterocycles. The van der Waals surface area contributed by atoms with Gasteiger partial charge in [-0.05, 0) is 49.9 Å². The highest BCUT2D eigenvalue weighted by Crippen LogP contribution is 2.20. The number of hydrogen-bond donors (Lipinski definition) is 0. The Labute approximate surface area is 171 Å². The summed E-state index contributed by atoms with van der Waals surface area (Å²) >= 11 is 5.98. The van der Waals surface area contributed by atoms with Gasteiger partial charge in [-0.1, -0.05) is 11.6 Å². The Morgan fingerprint density at radius 2 is 1.71 bits per heavy atom. The van der Waals surface area contributed by atoms with Gasteiger partial charge >= 0.3 is 5.69 Å². The second kappa shape index (κ2) is 8.82. The fourth-order valence-electron chi connectivity index (χ4n) is 4.30. The Bertz CT molecular complexity index is 831. The van der Waals surface area contributed by atoms with E-state index in [1.54, 1.807) is 4.57 Å². The molecule has 0 N–H and O–H groups in total. The van der Waals surface area contributed by atoms with E-state index in [1.807, 2.05) is 42.0 Å². The standard InChI is InChI=1S/C21H29ClN4O2/c1-17-14-25(21(27)26(17)20-4-2-19(22)3-5-20)16-24-8-6-18(7-9-24)15-23-10-12-28-13-11-23/h2-5,14,18H,6-13,15-16H2,1H3. The molecule has 0 atom stereocenters. The second-order valence-corrected chi connectivity index (χ2v) is 8.39. The van der Waals surface area contributed by atoms with Crippen LogP contribution in [-0.2, 0) is 11.4 Å². The monoisotopic (exact) mass is 404 g/mol. The summed E-state index contributed by atoms with van der Waals surface area (Å²) in [6.45, 7) is 9.77. The van der Waals surface area contributed by atoms with Crippen molar-refractivity contribution in [3.05, 3.63) is 51.7 Å². The molecule has 0 bridgehead atoms. The minimum absolute atomic E-state index is 0.00950. The Hall–Kier alpha value is -1.60. The highest BCUT2D eigenvalue weighted by Gasteiger charge is 2.23. The summed E-state index contributed by atoms with van der Waals surface area (Å²) in [5.74, 6) is 0.756. The molecule has 0 saturated carbocycles. The molecule has 4 rings (SSSR count). The molecular weight excluding hydrogens is 376 g/mol. The van der Waals surface area contributed by atoms with Crippen molar-refractivity contribution in [1.29, 1.82) is 0 Å². The first-order chi connectivity index (χ1) is 13.6. The van der Waals surface area contributed by atoms with Crippen LogP contribution in [0.5, 0.6) is 0 Å². The van der Waals surface area contributed by atoms with Crippen LogP contribution in [0.4, 0.5) is 0 Å². The summed E-state index contributed by atoms with van der Waals surface area (Å²) in [6.07, 6.45) is 4.35. The predicted molar refractivity (Wildman–Crippen MR) is 111 cm³/mol. The van der Waals surface area contributed by atoms with E-state index in [2.05, 4.69) is 9.80 Å². The maximum Gasteiger partial charge on any atom is 0.334 e. The van der Waals surface area contributed by atoms with E-state index in [0.29, 0.717) is 11.7 Å². The summed E-state index contributed by atoms with van der Waals surface area (Å²) in [7, 11) is 0. The van der Waals surface area contributed by atoms with Gasteiger partial charge in [0.25, 0.3) is 0 Å². The Balaban J connectivity index is 1.36. The van der Waals surface area contributed by atoms with Gasteiger partial charge in [-0.2, -0.15) is 0 Å². The van der Waals surface area contributed by atoms with Crippen molar-refractivity contribution in [3.63, 3.8) is 0 Å². The van der Waals surface area contributed by atoms with Gasteiger partial charge in [0.2, 0.25) is 0 Å². The van der Waals surface area contributed by atoms with Crippen molar-refractivity contribution < 1.29 is 4.74 Å². The molecular formula is C21H29ClN4O2. The highest BCUT2D eigenvalue weighted by molar-refractivity contribution is 6.30. The number of aromatic nitrogens is 2. The molecule has 0 amide bonds. The van der Waals surface area contributed by atoms with Crippen LogP contribution in [0.1, 0.15) is 18.5 Å². The third-order valence-electron chi connectivity index (χ3n) is 5.90. The molecule has 1 aromatic heterocycles. The van der Waals surface area contributed by atoms with E-state index in [-0.39, 0.29) is 5.69 Å². The number of ether oxygens (including phenoxy) is 1. The minimum Gasteiger partial charge on any atom is -0.379 e. The maximum atomic E-state index is 12.9. The Kier molecular flexibility index (Phi) is 6.21. The summed E-state index contributed by atoms with van der Waals surface area (Å²) in [5, 5.41) is 0.675. The van der Waals surface area contributed by atoms with Crippen LogP contribution in [0, 0.1) is 12.8 Å². The van der Waals surface area contributed by atoms with Gasteiger partial charge in [0, 0.05) is 49.6 Å². The first-order valence-corrected chi connectivity index (χ1v) is 10.5. The normalized spacial score (nSPS) is 19.9. The molecule has 2 aliphatic rings. The maximum absolute atomic E-state index is 12.9. The lowest BCUT2D eigenvalue weighted by Crippen LogP contribution is -2.43. The predicted octanol–water partition coefficient (Wildman–Crippen LogP) is 2.60. The summed E-state index contributed by atoms with van der Waals surface area (Å²) in [6, 6.07) is 7.41. The number of benzene rings is 1. The van der Waals surface area contributed by atoms with Gasteiger partial charge in [0.05, 0.1) is 25.6 Å². The van der Waals surface area contributed by atoms with Crippen molar-refractivity contribution in [1.82, 2.24) is 18.9 Å². The van der Waals surface area contributed by atoms with Gasteiger partial charge in [-0.25, -0.2) is 4.79 Å². The van der Waals surface area contributed by atoms with Crippen molar-refractivity contribution in [2.75, 3.05) is 45.9 Å². The molecule has 6 nitrogen and oxygen atoms in total. The van der Waals surface area contributed by atoms with E-state index >= 15 is 0 Å². The number of nitrogens with zero attached hydrogens (tertiary/aromatic N) is 4. The van der Waals surface area contributed by atoms with Gasteiger partial charge in [0.15, 0.2) is 0 Å². The number of likely N-dealkylation sites (tertiary alicyclic amines) is 1. The summed E-state index contributed by atoms with van der Waals surface area (Å²) in [5.41, 5.74) is 1.81. The number of piperidine rings is 1. The lowest BCUT2D eigenvalue weighted by Gasteiger charge is -2.36. The Morgan fingerprint density at radius 3 is 2.39 bits per heavy atom. The smallest absolute Gasteiger partial charge is 0.334 e. The van der Waals surface area contributed by atoms with Crippen LogP contribution in [0.3, 0.4) is 0 Å². The molecule has 0 aliphatic carbocycles. The molecule has 7 heteroatoms. The average molecular weight is 405 g/mol. The highest BCUT2D eigenvalue weighted by atomic mass is 35.5. The SMILES string of the molecule is Cc1cn(CN2CCC(CN3CCOCC3)CC2)c(=O)n1-c1ccc(Cl)cc1. The number of halogens is 1. The van der Waals surface area contributed by atoms with Crippen LogP contribution >= 0.6 is 11.6 Å². The first kappa shape index (κ1) is 19.7. The lowest BCUT2D eigenvalue weighted by molar-refractivity contribution is 0.0230. The number of imidazole rings is 1. The third-order valence-corrected chi connectivity index (χ3v) is 6.15. The zero-order valence-corrected chi connectivity index (χ0v) is 17.3. The zero-order chi connectivity index (χ0) is 19.5. The number of hydrogen-bond acceptors (Lipinski definition) is 4. The van der Waals surface area contributed by atoms with Crippen molar-refractivity contribution in [2.45, 2.75) is 26.4 Å². The van der Waals surface area contributed by atoms with E-state index in [4.69, 9.17) is 16.3 Å². The quantitative estimate of drug-likeness (QED) is 0.768. The summed E-state index contributed by atoms with van der Waals surface area (Å²) < 4.78 is 9.02. The van der Waals surface area contributed by atoms with Gasteiger partial charge in [-0.3, -0.25) is 18.9 Å². The fourth-order valence-corrected chi connectivity index (χ4v) is 4.42. The van der Waals surface area contributed by atoms with Crippen LogP contribution in [-0.4, -0.2) is 64.9 Å². The average Bonchev–Trinajstić information content (AvgIpc) is 2.98. The van der Waals surface area contributed by atoms with E-state index in [9.17, 15) is 4.79 Å². The molecule has 0 unspecified atom stereocenters. The number of morpholine rings is 1. The molecule has 3 heterocycles. The fraction of sp³-hybridized carbons (Fsp3) is 0.571. The molecule has 1 aromatic carbocycles. The van der Waals surface area contributed by atoms with Crippen LogP contribution in [0.15, 0.2) is 35.3 Å². The van der Waals surface area contributed by atoms with E-state index in [1.165, 1.54) is 19.4 Å².